The lowest BCUT2D eigenvalue weighted by Gasteiger charge is -2.38. The van der Waals surface area contributed by atoms with E-state index in [1.807, 2.05) is 13.8 Å². The Morgan fingerprint density at radius 1 is 1.20 bits per heavy atom. The van der Waals surface area contributed by atoms with Crippen LogP contribution in [0.1, 0.15) is 44.8 Å². The van der Waals surface area contributed by atoms with E-state index in [2.05, 4.69) is 30.4 Å². The van der Waals surface area contributed by atoms with Crippen LogP contribution in [0.15, 0.2) is 34.3 Å². The molecule has 13 nitrogen and oxygen atoms in total. The second-order valence-corrected chi connectivity index (χ2v) is 8.48. The van der Waals surface area contributed by atoms with E-state index in [-0.39, 0.29) is 42.0 Å². The maximum absolute atomic E-state index is 12.7. The van der Waals surface area contributed by atoms with Crippen LogP contribution >= 0.6 is 0 Å². The topological polar surface area (TPSA) is 153 Å². The average Bonchev–Trinajstić information content (AvgIpc) is 3.45. The van der Waals surface area contributed by atoms with Gasteiger partial charge < -0.3 is 19.2 Å². The fourth-order valence-corrected chi connectivity index (χ4v) is 4.11. The van der Waals surface area contributed by atoms with E-state index >= 15 is 0 Å². The number of carbonyl (C=O) groups is 2. The predicted molar refractivity (Wildman–Crippen MR) is 120 cm³/mol. The quantitative estimate of drug-likeness (QED) is 0.402. The van der Waals surface area contributed by atoms with Gasteiger partial charge in [-0.2, -0.15) is 10.1 Å². The molecule has 5 rings (SSSR count). The minimum atomic E-state index is -0.308. The van der Waals surface area contributed by atoms with Gasteiger partial charge in [0.15, 0.2) is 6.39 Å². The molecule has 0 aliphatic carbocycles. The smallest absolute Gasteiger partial charge is 0.272 e. The first-order chi connectivity index (χ1) is 16.8. The van der Waals surface area contributed by atoms with E-state index < -0.39 is 0 Å². The summed E-state index contributed by atoms with van der Waals surface area (Å²) in [5.74, 6) is 0.577. The molecule has 1 aliphatic rings. The second-order valence-electron chi connectivity index (χ2n) is 8.48. The van der Waals surface area contributed by atoms with Gasteiger partial charge in [0.1, 0.15) is 23.5 Å². The van der Waals surface area contributed by atoms with E-state index in [1.165, 1.54) is 29.7 Å². The first kappa shape index (κ1) is 22.4. The van der Waals surface area contributed by atoms with Crippen molar-refractivity contribution in [3.63, 3.8) is 0 Å². The summed E-state index contributed by atoms with van der Waals surface area (Å²) < 4.78 is 8.48. The third-order valence-electron chi connectivity index (χ3n) is 6.19. The molecule has 0 atom stereocenters. The molecule has 0 spiro atoms. The fraction of sp³-hybridized carbons (Fsp3) is 0.364. The predicted octanol–water partition coefficient (Wildman–Crippen LogP) is -0.0787. The normalized spacial score (nSPS) is 13.7. The molecule has 5 heterocycles. The van der Waals surface area contributed by atoms with Crippen molar-refractivity contribution in [3.05, 3.63) is 69.6 Å². The number of fused-ring (bicyclic) bond motifs is 1. The molecule has 0 radical (unpaired) electrons. The van der Waals surface area contributed by atoms with Crippen LogP contribution in [0, 0.1) is 13.8 Å². The molecule has 4 aromatic heterocycles. The van der Waals surface area contributed by atoms with E-state index in [9.17, 15) is 14.4 Å². The number of aromatic nitrogens is 7. The van der Waals surface area contributed by atoms with Gasteiger partial charge in [-0.15, -0.1) is 0 Å². The summed E-state index contributed by atoms with van der Waals surface area (Å²) in [5, 5.41) is 7.03. The Morgan fingerprint density at radius 3 is 2.77 bits per heavy atom. The zero-order valence-corrected chi connectivity index (χ0v) is 19.4. The van der Waals surface area contributed by atoms with Gasteiger partial charge in [0, 0.05) is 43.2 Å². The van der Waals surface area contributed by atoms with Crippen LogP contribution in [0.25, 0.3) is 5.78 Å². The van der Waals surface area contributed by atoms with Gasteiger partial charge in [-0.05, 0) is 13.8 Å². The Kier molecular flexibility index (Phi) is 5.59. The molecule has 1 saturated heterocycles. The molecule has 35 heavy (non-hydrogen) atoms. The molecule has 1 N–H and O–H groups in total. The number of likely N-dealkylation sites (tertiary alicyclic amines) is 1. The third-order valence-corrected chi connectivity index (χ3v) is 6.19. The molecule has 0 aromatic carbocycles. The highest BCUT2D eigenvalue weighted by Crippen LogP contribution is 2.30. The minimum Gasteiger partial charge on any atom is -0.448 e. The molecule has 180 valence electrons. The number of nitrogens with one attached hydrogen (secondary N) is 1. The molecule has 1 aliphatic heterocycles. The molecular weight excluding hydrogens is 454 g/mol. The number of hydrogen-bond donors (Lipinski definition) is 1. The van der Waals surface area contributed by atoms with Gasteiger partial charge >= 0.3 is 0 Å². The van der Waals surface area contributed by atoms with Crippen molar-refractivity contribution >= 4 is 17.6 Å². The van der Waals surface area contributed by atoms with Crippen molar-refractivity contribution in [1.29, 1.82) is 0 Å². The fourth-order valence-electron chi connectivity index (χ4n) is 4.11. The Hall–Kier alpha value is -4.42. The van der Waals surface area contributed by atoms with Gasteiger partial charge in [-0.25, -0.2) is 19.5 Å². The zero-order valence-electron chi connectivity index (χ0n) is 19.4. The first-order valence-corrected chi connectivity index (χ1v) is 11.0. The summed E-state index contributed by atoms with van der Waals surface area (Å²) in [6.45, 7) is 4.73. The van der Waals surface area contributed by atoms with Crippen LogP contribution in [0.4, 0.5) is 0 Å². The Balaban J connectivity index is 1.19. The lowest BCUT2D eigenvalue weighted by Crippen LogP contribution is -2.49. The third kappa shape index (κ3) is 4.16. The van der Waals surface area contributed by atoms with Crippen LogP contribution in [0.2, 0.25) is 0 Å². The van der Waals surface area contributed by atoms with Gasteiger partial charge in [-0.3, -0.25) is 14.4 Å². The number of amides is 2. The Labute approximate surface area is 198 Å². The van der Waals surface area contributed by atoms with Gasteiger partial charge in [-0.1, -0.05) is 0 Å². The van der Waals surface area contributed by atoms with Crippen molar-refractivity contribution in [2.24, 2.45) is 7.05 Å². The minimum absolute atomic E-state index is 0.0525. The number of nitrogens with zero attached hydrogens (tertiary/aromatic N) is 8. The van der Waals surface area contributed by atoms with E-state index in [0.29, 0.717) is 30.3 Å². The summed E-state index contributed by atoms with van der Waals surface area (Å²) >= 11 is 0. The summed E-state index contributed by atoms with van der Waals surface area (Å²) in [5.41, 5.74) is 2.76. The van der Waals surface area contributed by atoms with E-state index in [1.54, 1.807) is 16.5 Å². The highest BCUT2D eigenvalue weighted by atomic mass is 16.3. The average molecular weight is 477 g/mol. The SMILES string of the molecule is Cc1nc2ncnn2c(C)c1CC(=O)NCc1ncoc1C1CN(C(=O)c2cc(=O)n(C)cn2)C1. The molecule has 1 fully saturated rings. The molecule has 0 bridgehead atoms. The van der Waals surface area contributed by atoms with Crippen molar-refractivity contribution in [3.8, 4) is 0 Å². The molecule has 4 aromatic rings. The van der Waals surface area contributed by atoms with Crippen LogP contribution in [0.3, 0.4) is 0 Å². The summed E-state index contributed by atoms with van der Waals surface area (Å²) in [4.78, 5) is 55.4. The number of aryl methyl sites for hydroxylation is 3. The monoisotopic (exact) mass is 477 g/mol. The highest BCUT2D eigenvalue weighted by molar-refractivity contribution is 5.92. The largest absolute Gasteiger partial charge is 0.448 e. The van der Waals surface area contributed by atoms with Crippen LogP contribution < -0.4 is 10.9 Å². The highest BCUT2D eigenvalue weighted by Gasteiger charge is 2.36. The molecule has 0 unspecified atom stereocenters. The number of oxazole rings is 1. The Bertz CT molecular complexity index is 1500. The van der Waals surface area contributed by atoms with Crippen molar-refractivity contribution in [2.75, 3.05) is 13.1 Å². The number of hydrogen-bond acceptors (Lipinski definition) is 9. The van der Waals surface area contributed by atoms with Gasteiger partial charge in [0.25, 0.3) is 17.2 Å². The van der Waals surface area contributed by atoms with Crippen molar-refractivity contribution < 1.29 is 14.0 Å². The lowest BCUT2D eigenvalue weighted by atomic mass is 9.95. The lowest BCUT2D eigenvalue weighted by molar-refractivity contribution is -0.120. The van der Waals surface area contributed by atoms with Gasteiger partial charge in [0.2, 0.25) is 5.91 Å². The maximum atomic E-state index is 12.7. The van der Waals surface area contributed by atoms with Crippen LogP contribution in [0.5, 0.6) is 0 Å². The summed E-state index contributed by atoms with van der Waals surface area (Å²) in [6.07, 6.45) is 4.23. The molecular formula is C22H23N9O4. The number of rotatable bonds is 6. The van der Waals surface area contributed by atoms with E-state index in [0.717, 1.165) is 17.0 Å². The molecule has 0 saturated carbocycles. The Morgan fingerprint density at radius 2 is 2.00 bits per heavy atom. The van der Waals surface area contributed by atoms with Crippen LogP contribution in [-0.4, -0.2) is 63.9 Å². The van der Waals surface area contributed by atoms with Crippen molar-refractivity contribution in [2.45, 2.75) is 32.7 Å². The van der Waals surface area contributed by atoms with Crippen LogP contribution in [-0.2, 0) is 24.8 Å². The first-order valence-electron chi connectivity index (χ1n) is 11.0. The molecule has 2 amide bonds. The maximum Gasteiger partial charge on any atom is 0.272 e. The summed E-state index contributed by atoms with van der Waals surface area (Å²) in [6, 6.07) is 1.23. The van der Waals surface area contributed by atoms with Gasteiger partial charge in [0.05, 0.1) is 25.2 Å². The molecule has 13 heteroatoms. The number of carbonyl (C=O) groups excluding carboxylic acids is 2. The van der Waals surface area contributed by atoms with Crippen molar-refractivity contribution in [1.82, 2.24) is 44.3 Å². The zero-order chi connectivity index (χ0) is 24.7. The van der Waals surface area contributed by atoms with E-state index in [4.69, 9.17) is 4.42 Å². The summed E-state index contributed by atoms with van der Waals surface area (Å²) in [7, 11) is 1.57. The second kappa shape index (κ2) is 8.74. The standard InChI is InChI=1S/C22H23N9O4/c1-12-15(13(2)31-22(28-12)24-9-27-31)4-18(32)23-6-17-20(35-11-26-17)14-7-30(8-14)21(34)16-5-19(33)29(3)10-25-16/h5,9-11,14H,4,6-8H2,1-3H3,(H,23,32).